The summed E-state index contributed by atoms with van der Waals surface area (Å²) in [5, 5.41) is 0.115. The lowest BCUT2D eigenvalue weighted by Crippen LogP contribution is -2.39. The van der Waals surface area contributed by atoms with Crippen molar-refractivity contribution in [3.63, 3.8) is 0 Å². The highest BCUT2D eigenvalue weighted by Gasteiger charge is 2.22. The maximum atomic E-state index is 14.3. The molecule has 4 aromatic rings. The number of aryl methyl sites for hydroxylation is 2. The van der Waals surface area contributed by atoms with E-state index in [4.69, 9.17) is 16.3 Å². The number of ether oxygens (including phenoxy) is 1. The van der Waals surface area contributed by atoms with E-state index in [2.05, 4.69) is 4.98 Å². The van der Waals surface area contributed by atoms with E-state index in [-0.39, 0.29) is 41.4 Å². The maximum absolute atomic E-state index is 14.3. The summed E-state index contributed by atoms with van der Waals surface area (Å²) in [6, 6.07) is 4.15. The normalized spacial score (nSPS) is 11.5. The zero-order valence-electron chi connectivity index (χ0n) is 17.1. The molecule has 3 heterocycles. The van der Waals surface area contributed by atoms with Gasteiger partial charge in [0.2, 0.25) is 5.78 Å². The standard InChI is InChI=1S/C20H19ClFN5O4/c1-4-31-15(28)10-25-11(2)8-26-16-17(23-19(25)26)24(3)20(30)27(18(16)29)9-12-13(21)6-5-7-14(12)22/h5-8H,4,9-10H2,1-3H3. The molecule has 0 fully saturated rings. The smallest absolute Gasteiger partial charge is 0.332 e. The molecule has 0 saturated carbocycles. The number of rotatable bonds is 5. The van der Waals surface area contributed by atoms with Gasteiger partial charge in [-0.3, -0.25) is 23.1 Å². The van der Waals surface area contributed by atoms with Crippen molar-refractivity contribution < 1.29 is 13.9 Å². The van der Waals surface area contributed by atoms with E-state index >= 15 is 0 Å². The average molecular weight is 448 g/mol. The molecular formula is C20H19ClFN5O4. The zero-order valence-corrected chi connectivity index (χ0v) is 17.8. The topological polar surface area (TPSA) is 92.5 Å². The Hall–Kier alpha value is -3.40. The van der Waals surface area contributed by atoms with Gasteiger partial charge < -0.3 is 9.30 Å². The Balaban J connectivity index is 1.95. The summed E-state index contributed by atoms with van der Waals surface area (Å²) < 4.78 is 24.5. The monoisotopic (exact) mass is 447 g/mol. The van der Waals surface area contributed by atoms with Crippen molar-refractivity contribution in [2.24, 2.45) is 7.05 Å². The van der Waals surface area contributed by atoms with E-state index in [1.165, 1.54) is 34.2 Å². The van der Waals surface area contributed by atoms with Gasteiger partial charge in [-0.05, 0) is 26.0 Å². The van der Waals surface area contributed by atoms with Crippen molar-refractivity contribution >= 4 is 34.5 Å². The minimum absolute atomic E-state index is 0.0412. The fourth-order valence-corrected chi connectivity index (χ4v) is 3.79. The predicted molar refractivity (Wildman–Crippen MR) is 112 cm³/mol. The van der Waals surface area contributed by atoms with Gasteiger partial charge in [-0.2, -0.15) is 4.98 Å². The van der Waals surface area contributed by atoms with Gasteiger partial charge in [-0.15, -0.1) is 0 Å². The third-order valence-corrected chi connectivity index (χ3v) is 5.47. The van der Waals surface area contributed by atoms with Gasteiger partial charge in [-0.25, -0.2) is 9.18 Å². The summed E-state index contributed by atoms with van der Waals surface area (Å²) in [5.74, 6) is -0.748. The van der Waals surface area contributed by atoms with E-state index in [9.17, 15) is 18.8 Å². The molecule has 0 spiro atoms. The largest absolute Gasteiger partial charge is 0.465 e. The molecule has 1 aromatic carbocycles. The van der Waals surface area contributed by atoms with Crippen LogP contribution in [0, 0.1) is 12.7 Å². The minimum Gasteiger partial charge on any atom is -0.465 e. The molecule has 162 valence electrons. The van der Waals surface area contributed by atoms with Crippen LogP contribution < -0.4 is 11.2 Å². The van der Waals surface area contributed by atoms with Crippen LogP contribution in [0.5, 0.6) is 0 Å². The van der Waals surface area contributed by atoms with Gasteiger partial charge in [0.15, 0.2) is 11.2 Å². The summed E-state index contributed by atoms with van der Waals surface area (Å²) in [4.78, 5) is 42.5. The molecule has 0 aliphatic carbocycles. The number of hydrogen-bond donors (Lipinski definition) is 0. The average Bonchev–Trinajstić information content (AvgIpc) is 3.22. The van der Waals surface area contributed by atoms with Crippen LogP contribution in [0.4, 0.5) is 4.39 Å². The Morgan fingerprint density at radius 3 is 2.68 bits per heavy atom. The van der Waals surface area contributed by atoms with Crippen LogP contribution in [0.1, 0.15) is 18.2 Å². The molecule has 0 atom stereocenters. The number of hydrogen-bond acceptors (Lipinski definition) is 5. The number of fused-ring (bicyclic) bond motifs is 3. The van der Waals surface area contributed by atoms with E-state index < -0.39 is 23.0 Å². The van der Waals surface area contributed by atoms with E-state index in [1.54, 1.807) is 24.6 Å². The third kappa shape index (κ3) is 3.32. The van der Waals surface area contributed by atoms with Crippen LogP contribution in [0.3, 0.4) is 0 Å². The lowest BCUT2D eigenvalue weighted by molar-refractivity contribution is -0.143. The first-order valence-electron chi connectivity index (χ1n) is 9.50. The molecule has 0 aliphatic heterocycles. The molecule has 0 unspecified atom stereocenters. The highest BCUT2D eigenvalue weighted by Crippen LogP contribution is 2.20. The summed E-state index contributed by atoms with van der Waals surface area (Å²) in [6.45, 7) is 3.29. The minimum atomic E-state index is -0.661. The van der Waals surface area contributed by atoms with E-state index in [0.717, 1.165) is 4.57 Å². The van der Waals surface area contributed by atoms with Gasteiger partial charge in [-0.1, -0.05) is 17.7 Å². The lowest BCUT2D eigenvalue weighted by Gasteiger charge is -2.10. The van der Waals surface area contributed by atoms with Crippen molar-refractivity contribution in [3.8, 4) is 0 Å². The number of esters is 1. The molecule has 0 bridgehead atoms. The molecule has 9 nitrogen and oxygen atoms in total. The highest BCUT2D eigenvalue weighted by atomic mass is 35.5. The molecule has 11 heteroatoms. The van der Waals surface area contributed by atoms with Gasteiger partial charge in [0, 0.05) is 29.5 Å². The van der Waals surface area contributed by atoms with Crippen LogP contribution in [0.25, 0.3) is 16.9 Å². The quantitative estimate of drug-likeness (QED) is 0.435. The molecule has 0 aliphatic rings. The summed E-state index contributed by atoms with van der Waals surface area (Å²) in [6.07, 6.45) is 1.65. The molecule has 3 aromatic heterocycles. The predicted octanol–water partition coefficient (Wildman–Crippen LogP) is 1.86. The van der Waals surface area contributed by atoms with Crippen LogP contribution >= 0.6 is 11.6 Å². The molecule has 0 N–H and O–H groups in total. The van der Waals surface area contributed by atoms with E-state index in [1.807, 2.05) is 0 Å². The van der Waals surface area contributed by atoms with Gasteiger partial charge in [0.25, 0.3) is 5.56 Å². The van der Waals surface area contributed by atoms with Crippen molar-refractivity contribution in [2.45, 2.75) is 26.9 Å². The first kappa shape index (κ1) is 20.9. The second kappa shape index (κ2) is 7.69. The maximum Gasteiger partial charge on any atom is 0.332 e. The molecule has 0 radical (unpaired) electrons. The Bertz CT molecular complexity index is 1440. The number of aromatic nitrogens is 5. The van der Waals surface area contributed by atoms with Crippen LogP contribution in [0.15, 0.2) is 34.0 Å². The summed E-state index contributed by atoms with van der Waals surface area (Å²) in [5.41, 5.74) is -0.299. The zero-order chi connectivity index (χ0) is 22.4. The Kier molecular flexibility index (Phi) is 5.18. The second-order valence-corrected chi connectivity index (χ2v) is 7.46. The van der Waals surface area contributed by atoms with E-state index in [0.29, 0.717) is 11.5 Å². The first-order chi connectivity index (χ1) is 14.7. The SMILES string of the molecule is CCOC(=O)Cn1c(C)cn2c3c(=O)n(Cc4c(F)cccc4Cl)c(=O)n(C)c3nc12. The van der Waals surface area contributed by atoms with Gasteiger partial charge in [0.1, 0.15) is 12.4 Å². The van der Waals surface area contributed by atoms with Crippen molar-refractivity contribution in [1.82, 2.24) is 23.1 Å². The Morgan fingerprint density at radius 2 is 2.00 bits per heavy atom. The molecular weight excluding hydrogens is 429 g/mol. The molecule has 0 amide bonds. The van der Waals surface area contributed by atoms with Gasteiger partial charge in [0.05, 0.1) is 13.2 Å². The fourth-order valence-electron chi connectivity index (χ4n) is 3.57. The number of halogens is 2. The summed E-state index contributed by atoms with van der Waals surface area (Å²) >= 11 is 6.09. The highest BCUT2D eigenvalue weighted by molar-refractivity contribution is 6.31. The second-order valence-electron chi connectivity index (χ2n) is 7.05. The number of imidazole rings is 2. The third-order valence-electron chi connectivity index (χ3n) is 5.11. The summed E-state index contributed by atoms with van der Waals surface area (Å²) in [7, 11) is 1.47. The molecule has 4 rings (SSSR count). The van der Waals surface area contributed by atoms with Gasteiger partial charge >= 0.3 is 11.7 Å². The van der Waals surface area contributed by atoms with Crippen molar-refractivity contribution in [2.75, 3.05) is 6.61 Å². The number of carbonyl (C=O) groups is 1. The Labute approximate surface area is 179 Å². The van der Waals surface area contributed by atoms with Crippen molar-refractivity contribution in [3.05, 3.63) is 67.3 Å². The van der Waals surface area contributed by atoms with Crippen LogP contribution in [-0.2, 0) is 29.7 Å². The number of carbonyl (C=O) groups excluding carboxylic acids is 1. The lowest BCUT2D eigenvalue weighted by atomic mass is 10.2. The number of nitrogens with zero attached hydrogens (tertiary/aromatic N) is 5. The molecule has 31 heavy (non-hydrogen) atoms. The van der Waals surface area contributed by atoms with Crippen LogP contribution in [0.2, 0.25) is 5.02 Å². The molecule has 0 saturated heterocycles. The Morgan fingerprint density at radius 1 is 1.26 bits per heavy atom. The fraction of sp³-hybridized carbons (Fsp3) is 0.300. The van der Waals surface area contributed by atoms with Crippen LogP contribution in [-0.4, -0.2) is 35.7 Å². The first-order valence-corrected chi connectivity index (χ1v) is 9.88. The van der Waals surface area contributed by atoms with Crippen molar-refractivity contribution in [1.29, 1.82) is 0 Å². The number of benzene rings is 1.